The van der Waals surface area contributed by atoms with Crippen LogP contribution < -0.4 is 15.0 Å². The highest BCUT2D eigenvalue weighted by Crippen LogP contribution is 2.21. The number of hydrogen-bond donors (Lipinski definition) is 2. The summed E-state index contributed by atoms with van der Waals surface area (Å²) in [5, 5.41) is 19.7. The summed E-state index contributed by atoms with van der Waals surface area (Å²) < 4.78 is 5.19. The van der Waals surface area contributed by atoms with E-state index >= 15 is 0 Å². The molecule has 28 heavy (non-hydrogen) atoms. The first kappa shape index (κ1) is 19.6. The molecule has 1 unspecified atom stereocenters. The average Bonchev–Trinajstić information content (AvgIpc) is 2.72. The SMILES string of the molecule is COc1cccc(CC(=O)NCC2CCCN(c3ccc(C(=O)O)nn3)C2)c1. The molecule has 1 aromatic carbocycles. The van der Waals surface area contributed by atoms with Gasteiger partial charge in [0.1, 0.15) is 5.75 Å². The molecule has 8 heteroatoms. The number of piperidine rings is 1. The van der Waals surface area contributed by atoms with Crippen LogP contribution in [0.15, 0.2) is 36.4 Å². The Hall–Kier alpha value is -3.16. The van der Waals surface area contributed by atoms with Gasteiger partial charge in [0.05, 0.1) is 13.5 Å². The summed E-state index contributed by atoms with van der Waals surface area (Å²) in [6.07, 6.45) is 2.32. The molecule has 3 rings (SSSR count). The highest BCUT2D eigenvalue weighted by atomic mass is 16.5. The lowest BCUT2D eigenvalue weighted by Gasteiger charge is -2.33. The van der Waals surface area contributed by atoms with Gasteiger partial charge in [-0.3, -0.25) is 4.79 Å². The fraction of sp³-hybridized carbons (Fsp3) is 0.400. The number of ether oxygens (including phenoxy) is 1. The highest BCUT2D eigenvalue weighted by molar-refractivity contribution is 5.85. The standard InChI is InChI=1S/C20H24N4O4/c1-28-16-6-2-4-14(10-16)11-19(25)21-12-15-5-3-9-24(13-15)18-8-7-17(20(26)27)22-23-18/h2,4,6-8,10,15H,3,5,9,11-13H2,1H3,(H,21,25)(H,26,27). The number of carbonyl (C=O) groups excluding carboxylic acids is 1. The third-order valence-electron chi connectivity index (χ3n) is 4.80. The molecule has 1 saturated heterocycles. The van der Waals surface area contributed by atoms with Gasteiger partial charge < -0.3 is 20.1 Å². The summed E-state index contributed by atoms with van der Waals surface area (Å²) in [6.45, 7) is 2.19. The maximum atomic E-state index is 12.3. The van der Waals surface area contributed by atoms with Crippen molar-refractivity contribution in [1.29, 1.82) is 0 Å². The highest BCUT2D eigenvalue weighted by Gasteiger charge is 2.22. The zero-order valence-electron chi connectivity index (χ0n) is 15.8. The van der Waals surface area contributed by atoms with Gasteiger partial charge in [-0.2, -0.15) is 0 Å². The van der Waals surface area contributed by atoms with Crippen molar-refractivity contribution in [3.63, 3.8) is 0 Å². The number of amides is 1. The normalized spacial score (nSPS) is 16.5. The van der Waals surface area contributed by atoms with Crippen molar-refractivity contribution < 1.29 is 19.4 Å². The molecule has 1 aromatic heterocycles. The van der Waals surface area contributed by atoms with Crippen molar-refractivity contribution in [2.75, 3.05) is 31.6 Å². The van der Waals surface area contributed by atoms with Crippen molar-refractivity contribution in [1.82, 2.24) is 15.5 Å². The van der Waals surface area contributed by atoms with Crippen LogP contribution in [-0.2, 0) is 11.2 Å². The van der Waals surface area contributed by atoms with Gasteiger partial charge >= 0.3 is 5.97 Å². The summed E-state index contributed by atoms with van der Waals surface area (Å²) in [5.74, 6) is 0.606. The smallest absolute Gasteiger partial charge is 0.356 e. The summed E-state index contributed by atoms with van der Waals surface area (Å²) in [7, 11) is 1.60. The number of aromatic nitrogens is 2. The second kappa shape index (κ2) is 9.16. The minimum atomic E-state index is -1.09. The van der Waals surface area contributed by atoms with Crippen molar-refractivity contribution >= 4 is 17.7 Å². The van der Waals surface area contributed by atoms with Crippen LogP contribution in [0.3, 0.4) is 0 Å². The Morgan fingerprint density at radius 2 is 2.14 bits per heavy atom. The third-order valence-corrected chi connectivity index (χ3v) is 4.80. The number of aromatic carboxylic acids is 1. The molecular formula is C20H24N4O4. The number of nitrogens with one attached hydrogen (secondary N) is 1. The molecule has 1 amide bonds. The van der Waals surface area contributed by atoms with Crippen molar-refractivity contribution in [3.8, 4) is 5.75 Å². The first-order chi connectivity index (χ1) is 13.5. The van der Waals surface area contributed by atoms with Gasteiger partial charge in [0.25, 0.3) is 0 Å². The molecule has 2 heterocycles. The van der Waals surface area contributed by atoms with Gasteiger partial charge in [0.2, 0.25) is 5.91 Å². The van der Waals surface area contributed by atoms with Crippen LogP contribution in [0.4, 0.5) is 5.82 Å². The maximum absolute atomic E-state index is 12.3. The lowest BCUT2D eigenvalue weighted by atomic mass is 9.98. The average molecular weight is 384 g/mol. The number of carboxylic acid groups (broad SMARTS) is 1. The van der Waals surface area contributed by atoms with Gasteiger partial charge in [-0.15, -0.1) is 10.2 Å². The van der Waals surface area contributed by atoms with Crippen LogP contribution in [0.1, 0.15) is 28.9 Å². The van der Waals surface area contributed by atoms with E-state index in [0.717, 1.165) is 37.2 Å². The Kier molecular flexibility index (Phi) is 6.41. The monoisotopic (exact) mass is 384 g/mol. The number of nitrogens with zero attached hydrogens (tertiary/aromatic N) is 3. The molecule has 2 N–H and O–H groups in total. The lowest BCUT2D eigenvalue weighted by molar-refractivity contribution is -0.120. The van der Waals surface area contributed by atoms with Crippen molar-refractivity contribution in [3.05, 3.63) is 47.7 Å². The van der Waals surface area contributed by atoms with Crippen molar-refractivity contribution in [2.45, 2.75) is 19.3 Å². The minimum absolute atomic E-state index is 0.0176. The first-order valence-corrected chi connectivity index (χ1v) is 9.26. The van der Waals surface area contributed by atoms with Crippen LogP contribution in [0.2, 0.25) is 0 Å². The molecule has 0 aliphatic carbocycles. The quantitative estimate of drug-likeness (QED) is 0.749. The molecule has 2 aromatic rings. The Balaban J connectivity index is 1.50. The van der Waals surface area contributed by atoms with Crippen LogP contribution in [0.5, 0.6) is 5.75 Å². The summed E-state index contributed by atoms with van der Waals surface area (Å²) in [6, 6.07) is 10.6. The lowest BCUT2D eigenvalue weighted by Crippen LogP contribution is -2.41. The Morgan fingerprint density at radius 3 is 2.86 bits per heavy atom. The van der Waals surface area contributed by atoms with Crippen LogP contribution in [0.25, 0.3) is 0 Å². The van der Waals surface area contributed by atoms with Crippen LogP contribution in [0, 0.1) is 5.92 Å². The number of anilines is 1. The van der Waals surface area contributed by atoms with Gasteiger partial charge in [-0.25, -0.2) is 4.79 Å². The second-order valence-corrected chi connectivity index (χ2v) is 6.87. The third kappa shape index (κ3) is 5.18. The van der Waals surface area contributed by atoms with Gasteiger partial charge in [0, 0.05) is 19.6 Å². The number of hydrogen-bond acceptors (Lipinski definition) is 6. The van der Waals surface area contributed by atoms with E-state index < -0.39 is 5.97 Å². The summed E-state index contributed by atoms with van der Waals surface area (Å²) >= 11 is 0. The van der Waals surface area contributed by atoms with E-state index in [9.17, 15) is 9.59 Å². The molecule has 1 aliphatic heterocycles. The summed E-state index contributed by atoms with van der Waals surface area (Å²) in [4.78, 5) is 25.2. The largest absolute Gasteiger partial charge is 0.497 e. The van der Waals surface area contributed by atoms with Crippen molar-refractivity contribution in [2.24, 2.45) is 5.92 Å². The molecular weight excluding hydrogens is 360 g/mol. The predicted octanol–water partition coefficient (Wildman–Crippen LogP) is 1.76. The molecule has 0 bridgehead atoms. The van der Waals surface area contributed by atoms with Crippen LogP contribution >= 0.6 is 0 Å². The zero-order chi connectivity index (χ0) is 19.9. The van der Waals surface area contributed by atoms with E-state index in [1.54, 1.807) is 13.2 Å². The number of benzene rings is 1. The molecule has 148 valence electrons. The molecule has 1 atom stereocenters. The Labute approximate surface area is 163 Å². The number of carboxylic acids is 1. The molecule has 0 radical (unpaired) electrons. The van der Waals surface area contributed by atoms with E-state index in [-0.39, 0.29) is 11.6 Å². The van der Waals surface area contributed by atoms with Gasteiger partial charge in [-0.05, 0) is 48.6 Å². The number of methoxy groups -OCH3 is 1. The predicted molar refractivity (Wildman–Crippen MR) is 104 cm³/mol. The van der Waals surface area contributed by atoms with Gasteiger partial charge in [-0.1, -0.05) is 12.1 Å². The fourth-order valence-corrected chi connectivity index (χ4v) is 3.34. The zero-order valence-corrected chi connectivity index (χ0v) is 15.8. The number of rotatable bonds is 7. The topological polar surface area (TPSA) is 105 Å². The molecule has 0 spiro atoms. The number of carbonyl (C=O) groups is 2. The minimum Gasteiger partial charge on any atom is -0.497 e. The molecule has 8 nitrogen and oxygen atoms in total. The molecule has 1 aliphatic rings. The van der Waals surface area contributed by atoms with E-state index in [4.69, 9.17) is 9.84 Å². The van der Waals surface area contributed by atoms with E-state index in [1.807, 2.05) is 24.3 Å². The fourth-order valence-electron chi connectivity index (χ4n) is 3.34. The van der Waals surface area contributed by atoms with E-state index in [0.29, 0.717) is 24.7 Å². The van der Waals surface area contributed by atoms with Crippen LogP contribution in [-0.4, -0.2) is 53.9 Å². The van der Waals surface area contributed by atoms with Gasteiger partial charge in [0.15, 0.2) is 11.5 Å². The van der Waals surface area contributed by atoms with E-state index in [1.165, 1.54) is 6.07 Å². The first-order valence-electron chi connectivity index (χ1n) is 9.26. The van der Waals surface area contributed by atoms with E-state index in [2.05, 4.69) is 20.4 Å². The molecule has 1 fully saturated rings. The summed E-state index contributed by atoms with van der Waals surface area (Å²) in [5.41, 5.74) is 0.845. The maximum Gasteiger partial charge on any atom is 0.356 e. The molecule has 0 saturated carbocycles. The Bertz CT molecular complexity index is 825. The second-order valence-electron chi connectivity index (χ2n) is 6.87. The Morgan fingerprint density at radius 1 is 1.29 bits per heavy atom.